The average Bonchev–Trinajstić information content (AvgIpc) is 3.78. The number of nitrogens with zero attached hydrogens (tertiary/aromatic N) is 6. The van der Waals surface area contributed by atoms with Crippen molar-refractivity contribution in [2.45, 2.75) is 38.3 Å². The standard InChI is InChI=1S/C33H43N7O2/c1-3-37-19-25-21-39(22-26(25)20-37)27-11-14-38(15-12-27)28-9-10-29(31(17-28)41-2)36-32-18-33(35-23-34-32)40-30(13-16-42-40)24-7-5-4-6-8-24/h4-10,17-18,23,25-27,30H,3,11-16,19-22H2,1-2H3,(H,34,35,36). The second-order valence-corrected chi connectivity index (χ2v) is 12.2. The molecule has 1 N–H and O–H groups in total. The van der Waals surface area contributed by atoms with Crippen LogP contribution in [0.15, 0.2) is 60.9 Å². The Morgan fingerprint density at radius 1 is 0.929 bits per heavy atom. The first-order valence-electron chi connectivity index (χ1n) is 15.6. The minimum atomic E-state index is 0.128. The first-order valence-corrected chi connectivity index (χ1v) is 15.6. The van der Waals surface area contributed by atoms with E-state index in [1.54, 1.807) is 13.4 Å². The van der Waals surface area contributed by atoms with Gasteiger partial charge in [0.15, 0.2) is 5.82 Å². The minimum absolute atomic E-state index is 0.128. The van der Waals surface area contributed by atoms with Crippen LogP contribution in [0.3, 0.4) is 0 Å². The number of benzene rings is 2. The number of fused-ring (bicyclic) bond motifs is 1. The van der Waals surface area contributed by atoms with E-state index in [1.165, 1.54) is 56.8 Å². The Morgan fingerprint density at radius 2 is 1.71 bits per heavy atom. The molecule has 0 saturated carbocycles. The highest BCUT2D eigenvalue weighted by molar-refractivity contribution is 5.70. The van der Waals surface area contributed by atoms with E-state index in [9.17, 15) is 0 Å². The number of hydrogen-bond acceptors (Lipinski definition) is 9. The summed E-state index contributed by atoms with van der Waals surface area (Å²) in [5.74, 6) is 4.01. The Hall–Kier alpha value is -3.40. The fourth-order valence-electron chi connectivity index (χ4n) is 7.50. The molecular weight excluding hydrogens is 526 g/mol. The summed E-state index contributed by atoms with van der Waals surface area (Å²) >= 11 is 0. The van der Waals surface area contributed by atoms with E-state index in [1.807, 2.05) is 17.2 Å². The van der Waals surface area contributed by atoms with Gasteiger partial charge in [-0.15, -0.1) is 0 Å². The van der Waals surface area contributed by atoms with Crippen LogP contribution in [0.4, 0.5) is 23.0 Å². The Labute approximate surface area is 249 Å². The first kappa shape index (κ1) is 27.4. The maximum Gasteiger partial charge on any atom is 0.158 e. The molecule has 3 unspecified atom stereocenters. The largest absolute Gasteiger partial charge is 0.494 e. The van der Waals surface area contributed by atoms with Crippen molar-refractivity contribution < 1.29 is 9.57 Å². The number of ether oxygens (including phenoxy) is 1. The maximum absolute atomic E-state index is 5.99. The third-order valence-electron chi connectivity index (χ3n) is 9.80. The van der Waals surface area contributed by atoms with Crippen LogP contribution in [0, 0.1) is 11.8 Å². The van der Waals surface area contributed by atoms with Crippen LogP contribution >= 0.6 is 0 Å². The quantitative estimate of drug-likeness (QED) is 0.405. The molecule has 7 rings (SSSR count). The second kappa shape index (κ2) is 12.1. The van der Waals surface area contributed by atoms with E-state index in [0.717, 1.165) is 54.6 Å². The molecule has 0 spiro atoms. The molecule has 1 aromatic heterocycles. The zero-order valence-corrected chi connectivity index (χ0v) is 24.9. The molecule has 4 aliphatic rings. The highest BCUT2D eigenvalue weighted by Crippen LogP contribution is 2.38. The fraction of sp³-hybridized carbons (Fsp3) is 0.515. The summed E-state index contributed by atoms with van der Waals surface area (Å²) in [5, 5.41) is 5.36. The smallest absolute Gasteiger partial charge is 0.158 e. The van der Waals surface area contributed by atoms with Crippen molar-refractivity contribution >= 4 is 23.0 Å². The molecule has 9 nitrogen and oxygen atoms in total. The molecule has 4 aliphatic heterocycles. The number of hydroxylamine groups is 1. The molecule has 3 atom stereocenters. The Morgan fingerprint density at radius 3 is 2.45 bits per heavy atom. The van der Waals surface area contributed by atoms with Gasteiger partial charge in [0, 0.05) is 69.6 Å². The topological polar surface area (TPSA) is 69.2 Å². The van der Waals surface area contributed by atoms with Crippen LogP contribution in [0.25, 0.3) is 0 Å². The SMILES string of the molecule is CCN1CC2CN(C3CCN(c4ccc(Nc5cc(N6OCCC6c6ccccc6)ncn5)c(OC)c4)CC3)CC2C1. The van der Waals surface area contributed by atoms with Crippen LogP contribution in [0.2, 0.25) is 0 Å². The van der Waals surface area contributed by atoms with Crippen molar-refractivity contribution in [3.8, 4) is 5.75 Å². The Bertz CT molecular complexity index is 1340. The van der Waals surface area contributed by atoms with Gasteiger partial charge in [0.2, 0.25) is 0 Å². The van der Waals surface area contributed by atoms with Gasteiger partial charge >= 0.3 is 0 Å². The third-order valence-corrected chi connectivity index (χ3v) is 9.80. The van der Waals surface area contributed by atoms with Crippen LogP contribution in [-0.2, 0) is 4.84 Å². The number of likely N-dealkylation sites (tertiary alicyclic amines) is 2. The molecule has 0 aliphatic carbocycles. The van der Waals surface area contributed by atoms with Crippen molar-refractivity contribution in [2.75, 3.05) is 74.8 Å². The van der Waals surface area contributed by atoms with E-state index in [4.69, 9.17) is 9.57 Å². The molecule has 4 saturated heterocycles. The molecular formula is C33H43N7O2. The number of aromatic nitrogens is 2. The Balaban J connectivity index is 0.985. The van der Waals surface area contributed by atoms with E-state index < -0.39 is 0 Å². The monoisotopic (exact) mass is 569 g/mol. The lowest BCUT2D eigenvalue weighted by molar-refractivity contribution is 0.157. The summed E-state index contributed by atoms with van der Waals surface area (Å²) in [6.45, 7) is 11.5. The fourth-order valence-corrected chi connectivity index (χ4v) is 7.50. The molecule has 2 aromatic carbocycles. The summed E-state index contributed by atoms with van der Waals surface area (Å²) < 4.78 is 5.84. The molecule has 9 heteroatoms. The molecule has 42 heavy (non-hydrogen) atoms. The van der Waals surface area contributed by atoms with Gasteiger partial charge in [-0.3, -0.25) is 9.74 Å². The number of rotatable bonds is 8. The van der Waals surface area contributed by atoms with Gasteiger partial charge in [0.25, 0.3) is 0 Å². The normalized spacial score (nSPS) is 25.2. The van der Waals surface area contributed by atoms with Crippen molar-refractivity contribution in [3.05, 3.63) is 66.5 Å². The Kier molecular flexibility index (Phi) is 7.88. The van der Waals surface area contributed by atoms with Gasteiger partial charge in [-0.2, -0.15) is 0 Å². The minimum Gasteiger partial charge on any atom is -0.494 e. The van der Waals surface area contributed by atoms with Crippen molar-refractivity contribution in [1.82, 2.24) is 19.8 Å². The third kappa shape index (κ3) is 5.53. The number of methoxy groups -OCH3 is 1. The van der Waals surface area contributed by atoms with Crippen molar-refractivity contribution in [1.29, 1.82) is 0 Å². The highest BCUT2D eigenvalue weighted by atomic mass is 16.7. The molecule has 3 aromatic rings. The number of anilines is 4. The van der Waals surface area contributed by atoms with Crippen LogP contribution < -0.4 is 20.0 Å². The number of nitrogens with one attached hydrogen (secondary N) is 1. The lowest BCUT2D eigenvalue weighted by atomic mass is 10.0. The van der Waals surface area contributed by atoms with Gasteiger partial charge in [-0.1, -0.05) is 37.3 Å². The van der Waals surface area contributed by atoms with Crippen LogP contribution in [0.5, 0.6) is 5.75 Å². The predicted molar refractivity (Wildman–Crippen MR) is 166 cm³/mol. The van der Waals surface area contributed by atoms with Crippen molar-refractivity contribution in [3.63, 3.8) is 0 Å². The first-order chi connectivity index (χ1) is 20.7. The summed E-state index contributed by atoms with van der Waals surface area (Å²) in [6.07, 6.45) is 4.96. The molecule has 4 fully saturated rings. The molecule has 222 valence electrons. The zero-order valence-electron chi connectivity index (χ0n) is 24.9. The van der Waals surface area contributed by atoms with Gasteiger partial charge in [-0.05, 0) is 48.9 Å². The number of hydrogen-bond donors (Lipinski definition) is 1. The van der Waals surface area contributed by atoms with Crippen molar-refractivity contribution in [2.24, 2.45) is 11.8 Å². The predicted octanol–water partition coefficient (Wildman–Crippen LogP) is 4.96. The van der Waals surface area contributed by atoms with E-state index in [0.29, 0.717) is 12.4 Å². The van der Waals surface area contributed by atoms with Gasteiger partial charge in [-0.25, -0.2) is 15.0 Å². The molecule has 0 bridgehead atoms. The lowest BCUT2D eigenvalue weighted by Crippen LogP contribution is -2.45. The molecule has 5 heterocycles. The van der Waals surface area contributed by atoms with E-state index in [2.05, 4.69) is 79.4 Å². The summed E-state index contributed by atoms with van der Waals surface area (Å²) in [4.78, 5) is 22.9. The maximum atomic E-state index is 5.99. The summed E-state index contributed by atoms with van der Waals surface area (Å²) in [6, 6.07) is 19.7. The number of piperidine rings is 1. The zero-order chi connectivity index (χ0) is 28.5. The van der Waals surface area contributed by atoms with E-state index in [-0.39, 0.29) is 6.04 Å². The molecule has 0 radical (unpaired) electrons. The van der Waals surface area contributed by atoms with Crippen LogP contribution in [0.1, 0.15) is 37.8 Å². The molecule has 0 amide bonds. The van der Waals surface area contributed by atoms with Gasteiger partial charge < -0.3 is 19.9 Å². The highest BCUT2D eigenvalue weighted by Gasteiger charge is 2.42. The van der Waals surface area contributed by atoms with Gasteiger partial charge in [0.1, 0.15) is 17.9 Å². The van der Waals surface area contributed by atoms with Gasteiger partial charge in [0.05, 0.1) is 25.4 Å². The summed E-state index contributed by atoms with van der Waals surface area (Å²) in [7, 11) is 1.73. The summed E-state index contributed by atoms with van der Waals surface area (Å²) in [5.41, 5.74) is 3.32. The van der Waals surface area contributed by atoms with E-state index >= 15 is 0 Å². The second-order valence-electron chi connectivity index (χ2n) is 12.2. The lowest BCUT2D eigenvalue weighted by Gasteiger charge is -2.38. The van der Waals surface area contributed by atoms with Crippen LogP contribution in [-0.4, -0.2) is 85.3 Å². The average molecular weight is 570 g/mol.